The van der Waals surface area contributed by atoms with E-state index >= 15 is 0 Å². The normalized spacial score (nSPS) is 14.9. The maximum Gasteiger partial charge on any atom is 0.262 e. The molecule has 2 aliphatic heterocycles. The van der Waals surface area contributed by atoms with E-state index < -0.39 is 0 Å². The molecule has 1 amide bonds. The van der Waals surface area contributed by atoms with Gasteiger partial charge in [-0.1, -0.05) is 29.9 Å². The molecular weight excluding hydrogens is 328 g/mol. The lowest BCUT2D eigenvalue weighted by molar-refractivity contribution is 0.0696. The van der Waals surface area contributed by atoms with E-state index in [0.717, 1.165) is 0 Å². The second kappa shape index (κ2) is 7.63. The number of nitrogens with zero attached hydrogens (tertiary/aromatic N) is 2. The molecule has 2 heterocycles. The number of benzene rings is 1. The van der Waals surface area contributed by atoms with E-state index in [1.807, 2.05) is 0 Å². The first-order valence-corrected chi connectivity index (χ1v) is 8.24. The van der Waals surface area contributed by atoms with Crippen LogP contribution in [0.3, 0.4) is 0 Å². The van der Waals surface area contributed by atoms with Crippen LogP contribution in [-0.4, -0.2) is 35.6 Å². The predicted octanol–water partition coefficient (Wildman–Crippen LogP) is 1.09. The van der Waals surface area contributed by atoms with Crippen LogP contribution in [0.25, 0.3) is 6.08 Å². The summed E-state index contributed by atoms with van der Waals surface area (Å²) in [5.74, 6) is 11.6. The Bertz CT molecular complexity index is 1040. The molecule has 130 valence electrons. The zero-order valence-corrected chi connectivity index (χ0v) is 14.5. The molecule has 2 aliphatic rings. The molecule has 0 unspecified atom stereocenters. The Labute approximate surface area is 152 Å². The van der Waals surface area contributed by atoms with E-state index in [1.165, 1.54) is 0 Å². The molecule has 0 aromatic heterocycles. The summed E-state index contributed by atoms with van der Waals surface area (Å²) in [6, 6.07) is 3.34. The van der Waals surface area contributed by atoms with Gasteiger partial charge in [0.25, 0.3) is 5.91 Å². The molecule has 0 fully saturated rings. The van der Waals surface area contributed by atoms with Crippen LogP contribution in [0, 0.1) is 23.7 Å². The smallest absolute Gasteiger partial charge is 0.262 e. The number of phenolic OH excluding ortho intramolecular Hbond substituents is 1. The molecule has 0 saturated heterocycles. The Morgan fingerprint density at radius 2 is 2.38 bits per heavy atom. The number of ether oxygens (including phenoxy) is 1. The van der Waals surface area contributed by atoms with E-state index in [1.54, 1.807) is 36.1 Å². The zero-order valence-electron chi connectivity index (χ0n) is 14.5. The van der Waals surface area contributed by atoms with Gasteiger partial charge >= 0.3 is 0 Å². The van der Waals surface area contributed by atoms with Gasteiger partial charge in [-0.2, -0.15) is 0 Å². The Balaban J connectivity index is 1.99. The monoisotopic (exact) mass is 346 g/mol. The second-order valence-corrected chi connectivity index (χ2v) is 5.70. The van der Waals surface area contributed by atoms with E-state index in [4.69, 9.17) is 4.74 Å². The molecule has 0 atom stereocenters. The number of hydrogen-bond acceptors (Lipinski definition) is 4. The summed E-state index contributed by atoms with van der Waals surface area (Å²) in [7, 11) is 0. The number of carbonyl (C=O) groups is 1. The predicted molar refractivity (Wildman–Crippen MR) is 98.3 cm³/mol. The second-order valence-electron chi connectivity index (χ2n) is 5.70. The highest BCUT2D eigenvalue weighted by Gasteiger charge is 2.26. The first-order valence-electron chi connectivity index (χ1n) is 8.24. The highest BCUT2D eigenvalue weighted by atomic mass is 16.5. The first kappa shape index (κ1) is 17.4. The van der Waals surface area contributed by atoms with Crippen molar-refractivity contribution in [3.8, 4) is 29.4 Å². The van der Waals surface area contributed by atoms with Crippen LogP contribution in [0.4, 0.5) is 0 Å². The van der Waals surface area contributed by atoms with Crippen molar-refractivity contribution >= 4 is 12.0 Å². The lowest BCUT2D eigenvalue weighted by atomic mass is 10.1. The molecule has 5 heteroatoms. The van der Waals surface area contributed by atoms with E-state index in [-0.39, 0.29) is 23.8 Å². The number of rotatable bonds is 2. The van der Waals surface area contributed by atoms with Gasteiger partial charge in [0.1, 0.15) is 18.5 Å². The van der Waals surface area contributed by atoms with Crippen molar-refractivity contribution < 1.29 is 14.6 Å². The molecule has 0 spiro atoms. The molecule has 0 bridgehead atoms. The summed E-state index contributed by atoms with van der Waals surface area (Å²) in [6.07, 6.45) is 3.93. The number of hydrogen-bond donors (Lipinski definition) is 1. The Hall–Kier alpha value is -3.44. The molecule has 3 rings (SSSR count). The molecule has 1 aromatic carbocycles. The third-order valence-electron chi connectivity index (χ3n) is 4.05. The Kier molecular flexibility index (Phi) is 5.10. The van der Waals surface area contributed by atoms with Gasteiger partial charge in [0.05, 0.1) is 17.8 Å². The average molecular weight is 346 g/mol. The van der Waals surface area contributed by atoms with Gasteiger partial charge in [-0.15, -0.1) is 6.58 Å². The third-order valence-corrected chi connectivity index (χ3v) is 4.05. The van der Waals surface area contributed by atoms with Gasteiger partial charge in [0.15, 0.2) is 11.5 Å². The summed E-state index contributed by atoms with van der Waals surface area (Å²) < 4.78 is 5.57. The summed E-state index contributed by atoms with van der Waals surface area (Å²) in [5, 5.41) is 11.7. The van der Waals surface area contributed by atoms with Crippen molar-refractivity contribution in [3.63, 3.8) is 0 Å². The third kappa shape index (κ3) is 3.34. The number of aromatic hydroxyl groups is 1. The van der Waals surface area contributed by atoms with Crippen molar-refractivity contribution in [1.82, 2.24) is 4.90 Å². The van der Waals surface area contributed by atoms with Crippen molar-refractivity contribution in [2.24, 2.45) is 4.99 Å². The molecular formula is C21H18N2O3. The van der Waals surface area contributed by atoms with Gasteiger partial charge < -0.3 is 14.7 Å². The maximum absolute atomic E-state index is 13.0. The number of carbonyl (C=O) groups excluding carboxylic acids is 1. The standard InChI is InChI=1S/C21H18N2O3/c1-3-4-5-9-18-15(2)23(13-14-26-18)21(25)17-11-10-16-8-6-7-12-22-19(16)20(17)24/h3,8,10-11,24H,1,4,12-14H2,2H3. The zero-order chi connectivity index (χ0) is 18.5. The molecule has 0 radical (unpaired) electrons. The fourth-order valence-electron chi connectivity index (χ4n) is 2.71. The molecule has 0 saturated carbocycles. The van der Waals surface area contributed by atoms with Crippen LogP contribution >= 0.6 is 0 Å². The SMILES string of the molecule is C=CCC#CC1=C(C)N(C(=O)c2ccc3c(c2O)=NCC#CC=3)CCO1. The summed E-state index contributed by atoms with van der Waals surface area (Å²) >= 11 is 0. The van der Waals surface area contributed by atoms with Crippen molar-refractivity contribution in [1.29, 1.82) is 0 Å². The van der Waals surface area contributed by atoms with Crippen molar-refractivity contribution in [3.05, 3.63) is 52.4 Å². The van der Waals surface area contributed by atoms with Crippen LogP contribution in [0.2, 0.25) is 0 Å². The minimum absolute atomic E-state index is 0.132. The van der Waals surface area contributed by atoms with Crippen LogP contribution in [0.1, 0.15) is 23.7 Å². The fraction of sp³-hybridized carbons (Fsp3) is 0.238. The van der Waals surface area contributed by atoms with Crippen LogP contribution in [-0.2, 0) is 4.74 Å². The van der Waals surface area contributed by atoms with E-state index in [9.17, 15) is 9.90 Å². The topological polar surface area (TPSA) is 62.1 Å². The van der Waals surface area contributed by atoms with Crippen molar-refractivity contribution in [2.75, 3.05) is 19.7 Å². The average Bonchev–Trinajstić information content (AvgIpc) is 2.89. The van der Waals surface area contributed by atoms with Gasteiger partial charge in [-0.3, -0.25) is 9.79 Å². The lowest BCUT2D eigenvalue weighted by Crippen LogP contribution is -2.38. The number of phenols is 1. The largest absolute Gasteiger partial charge is 0.505 e. The number of allylic oxidation sites excluding steroid dienone is 3. The molecule has 26 heavy (non-hydrogen) atoms. The van der Waals surface area contributed by atoms with Crippen molar-refractivity contribution in [2.45, 2.75) is 13.3 Å². The maximum atomic E-state index is 13.0. The lowest BCUT2D eigenvalue weighted by Gasteiger charge is -2.29. The van der Waals surface area contributed by atoms with E-state index in [2.05, 4.69) is 35.3 Å². The van der Waals surface area contributed by atoms with Gasteiger partial charge in [0, 0.05) is 11.6 Å². The van der Waals surface area contributed by atoms with Gasteiger partial charge in [0.2, 0.25) is 0 Å². The molecule has 1 aromatic rings. The summed E-state index contributed by atoms with van der Waals surface area (Å²) in [6.45, 7) is 6.43. The highest BCUT2D eigenvalue weighted by Crippen LogP contribution is 2.21. The van der Waals surface area contributed by atoms with E-state index in [0.29, 0.717) is 41.6 Å². The quantitative estimate of drug-likeness (QED) is 0.644. The Morgan fingerprint density at radius 3 is 3.19 bits per heavy atom. The van der Waals surface area contributed by atoms with Crippen LogP contribution in [0.5, 0.6) is 5.75 Å². The van der Waals surface area contributed by atoms with Crippen LogP contribution in [0.15, 0.2) is 41.2 Å². The molecule has 1 N–H and O–H groups in total. The number of amides is 1. The fourth-order valence-corrected chi connectivity index (χ4v) is 2.71. The Morgan fingerprint density at radius 1 is 1.54 bits per heavy atom. The summed E-state index contributed by atoms with van der Waals surface area (Å²) in [4.78, 5) is 18.8. The van der Waals surface area contributed by atoms with Crippen LogP contribution < -0.4 is 10.6 Å². The van der Waals surface area contributed by atoms with Gasteiger partial charge in [-0.05, 0) is 25.0 Å². The molecule has 5 nitrogen and oxygen atoms in total. The summed E-state index contributed by atoms with van der Waals surface area (Å²) in [5.41, 5.74) is 0.821. The minimum Gasteiger partial charge on any atom is -0.505 e. The highest BCUT2D eigenvalue weighted by molar-refractivity contribution is 5.98. The first-order chi connectivity index (χ1) is 12.6. The number of fused-ring (bicyclic) bond motifs is 1. The minimum atomic E-state index is -0.311. The molecule has 0 aliphatic carbocycles. The van der Waals surface area contributed by atoms with Gasteiger partial charge in [-0.25, -0.2) is 0 Å².